The molecule has 0 radical (unpaired) electrons. The molecule has 0 atom stereocenters. The first-order chi connectivity index (χ1) is 26.7. The standard InChI is InChI=1S/C52H35NS/c1-52(46-23-11-9-19-41(46)42-20-10-12-24-47(42)52)48-25-13-22-45-44-31-30-38(33-50(44)54-51(45)48)53(37-28-26-35(27-29-37)34-14-3-2-4-15-34)49-32-36-16-5-6-17-39(36)40-18-7-8-21-43(40)49/h2-33H,1H3. The van der Waals surface area contributed by atoms with Gasteiger partial charge in [-0.05, 0) is 92.4 Å². The molecule has 11 rings (SSSR count). The number of hydrogen-bond acceptors (Lipinski definition) is 2. The number of thiophene rings is 1. The van der Waals surface area contributed by atoms with E-state index in [1.807, 2.05) is 11.3 Å². The first-order valence-corrected chi connectivity index (χ1v) is 19.5. The van der Waals surface area contributed by atoms with Crippen LogP contribution in [0.2, 0.25) is 0 Å². The Morgan fingerprint density at radius 1 is 0.407 bits per heavy atom. The van der Waals surface area contributed by atoms with E-state index < -0.39 is 0 Å². The summed E-state index contributed by atoms with van der Waals surface area (Å²) in [6.07, 6.45) is 0. The second kappa shape index (κ2) is 12.0. The molecule has 1 aromatic heterocycles. The van der Waals surface area contributed by atoms with E-state index in [1.54, 1.807) is 0 Å². The summed E-state index contributed by atoms with van der Waals surface area (Å²) in [6.45, 7) is 2.42. The second-order valence-electron chi connectivity index (χ2n) is 14.6. The summed E-state index contributed by atoms with van der Waals surface area (Å²) in [5.74, 6) is 0. The SMILES string of the molecule is CC1(c2cccc3c2sc2cc(N(c4ccc(-c5ccccc5)cc4)c4cc5ccccc5c5ccccc45)ccc23)c2ccccc2-c2ccccc21. The van der Waals surface area contributed by atoms with Gasteiger partial charge in [0.1, 0.15) is 0 Å². The van der Waals surface area contributed by atoms with Crippen LogP contribution in [0.1, 0.15) is 23.6 Å². The van der Waals surface area contributed by atoms with Gasteiger partial charge in [0.15, 0.2) is 0 Å². The monoisotopic (exact) mass is 705 g/mol. The van der Waals surface area contributed by atoms with E-state index in [1.165, 1.54) is 86.3 Å². The first-order valence-electron chi connectivity index (χ1n) is 18.7. The second-order valence-corrected chi connectivity index (χ2v) is 15.6. The third kappa shape index (κ3) is 4.57. The maximum atomic E-state index is 2.46. The third-order valence-corrected chi connectivity index (χ3v) is 12.9. The van der Waals surface area contributed by atoms with Crippen LogP contribution in [-0.4, -0.2) is 0 Å². The van der Waals surface area contributed by atoms with Crippen molar-refractivity contribution in [2.45, 2.75) is 12.3 Å². The topological polar surface area (TPSA) is 3.24 Å². The number of anilines is 3. The van der Waals surface area contributed by atoms with Crippen LogP contribution in [0.25, 0.3) is 64.0 Å². The van der Waals surface area contributed by atoms with Crippen LogP contribution < -0.4 is 4.90 Å². The van der Waals surface area contributed by atoms with Crippen LogP contribution in [0.3, 0.4) is 0 Å². The van der Waals surface area contributed by atoms with E-state index in [2.05, 4.69) is 206 Å². The van der Waals surface area contributed by atoms with Crippen LogP contribution in [0.15, 0.2) is 194 Å². The molecule has 0 N–H and O–H groups in total. The Bertz CT molecular complexity index is 3020. The molecule has 0 fully saturated rings. The number of hydrogen-bond donors (Lipinski definition) is 0. The number of fused-ring (bicyclic) bond motifs is 9. The average molecular weight is 706 g/mol. The van der Waals surface area contributed by atoms with Gasteiger partial charge < -0.3 is 4.90 Å². The van der Waals surface area contributed by atoms with E-state index in [0.717, 1.165) is 11.4 Å². The first kappa shape index (κ1) is 31.1. The Hall–Kier alpha value is -6.48. The molecule has 10 aromatic rings. The lowest BCUT2D eigenvalue weighted by Crippen LogP contribution is -2.22. The summed E-state index contributed by atoms with van der Waals surface area (Å²) in [4.78, 5) is 2.46. The number of benzene rings is 9. The smallest absolute Gasteiger partial charge is 0.0546 e. The van der Waals surface area contributed by atoms with Crippen LogP contribution in [0.5, 0.6) is 0 Å². The van der Waals surface area contributed by atoms with E-state index in [0.29, 0.717) is 0 Å². The van der Waals surface area contributed by atoms with Gasteiger partial charge in [-0.15, -0.1) is 11.3 Å². The molecule has 0 saturated heterocycles. The normalized spacial score (nSPS) is 13.1. The highest BCUT2D eigenvalue weighted by Crippen LogP contribution is 2.55. The van der Waals surface area contributed by atoms with E-state index >= 15 is 0 Å². The minimum Gasteiger partial charge on any atom is -0.310 e. The molecule has 0 bridgehead atoms. The molecule has 0 unspecified atom stereocenters. The van der Waals surface area contributed by atoms with E-state index in [4.69, 9.17) is 0 Å². The minimum atomic E-state index is -0.257. The predicted molar refractivity (Wildman–Crippen MR) is 232 cm³/mol. The van der Waals surface area contributed by atoms with Gasteiger partial charge in [-0.1, -0.05) is 164 Å². The van der Waals surface area contributed by atoms with Gasteiger partial charge in [0, 0.05) is 42.3 Å². The molecule has 2 heteroatoms. The van der Waals surface area contributed by atoms with Crippen molar-refractivity contribution in [3.05, 3.63) is 211 Å². The van der Waals surface area contributed by atoms with Crippen molar-refractivity contribution in [2.75, 3.05) is 4.90 Å². The third-order valence-electron chi connectivity index (χ3n) is 11.7. The maximum absolute atomic E-state index is 2.46. The molecule has 0 spiro atoms. The fourth-order valence-electron chi connectivity index (χ4n) is 9.14. The Morgan fingerprint density at radius 2 is 0.981 bits per heavy atom. The van der Waals surface area contributed by atoms with Gasteiger partial charge in [0.2, 0.25) is 0 Å². The Morgan fingerprint density at radius 3 is 1.74 bits per heavy atom. The van der Waals surface area contributed by atoms with E-state index in [-0.39, 0.29) is 5.41 Å². The minimum absolute atomic E-state index is 0.257. The highest BCUT2D eigenvalue weighted by atomic mass is 32.1. The Kier molecular flexibility index (Phi) is 6.92. The molecule has 9 aromatic carbocycles. The summed E-state index contributed by atoms with van der Waals surface area (Å²) in [5.41, 5.74) is 12.4. The molecule has 1 heterocycles. The molecule has 54 heavy (non-hydrogen) atoms. The molecule has 0 aliphatic heterocycles. The van der Waals surface area contributed by atoms with Crippen molar-refractivity contribution in [2.24, 2.45) is 0 Å². The highest BCUT2D eigenvalue weighted by molar-refractivity contribution is 7.26. The summed E-state index contributed by atoms with van der Waals surface area (Å²) in [5, 5.41) is 7.61. The fraction of sp³-hybridized carbons (Fsp3) is 0.0385. The van der Waals surface area contributed by atoms with Crippen LogP contribution in [-0.2, 0) is 5.41 Å². The van der Waals surface area contributed by atoms with Crippen molar-refractivity contribution < 1.29 is 0 Å². The highest BCUT2D eigenvalue weighted by Gasteiger charge is 2.41. The largest absolute Gasteiger partial charge is 0.310 e. The van der Waals surface area contributed by atoms with Crippen LogP contribution >= 0.6 is 11.3 Å². The zero-order chi connectivity index (χ0) is 35.8. The molecule has 0 amide bonds. The lowest BCUT2D eigenvalue weighted by atomic mass is 9.74. The molecule has 1 aliphatic rings. The Balaban J connectivity index is 1.13. The Labute approximate surface area is 319 Å². The zero-order valence-electron chi connectivity index (χ0n) is 29.8. The number of rotatable bonds is 5. The summed E-state index contributed by atoms with van der Waals surface area (Å²) in [6, 6.07) is 71.6. The van der Waals surface area contributed by atoms with Crippen LogP contribution in [0, 0.1) is 0 Å². The fourth-order valence-corrected chi connectivity index (χ4v) is 10.5. The lowest BCUT2D eigenvalue weighted by molar-refractivity contribution is 0.722. The maximum Gasteiger partial charge on any atom is 0.0546 e. The van der Waals surface area contributed by atoms with Gasteiger partial charge in [-0.3, -0.25) is 0 Å². The van der Waals surface area contributed by atoms with Gasteiger partial charge in [0.05, 0.1) is 5.69 Å². The molecular formula is C52H35NS. The molecule has 0 saturated carbocycles. The van der Waals surface area contributed by atoms with E-state index in [9.17, 15) is 0 Å². The molecular weight excluding hydrogens is 671 g/mol. The summed E-state index contributed by atoms with van der Waals surface area (Å²) < 4.78 is 2.64. The van der Waals surface area contributed by atoms with Gasteiger partial charge in [0.25, 0.3) is 0 Å². The van der Waals surface area contributed by atoms with Crippen LogP contribution in [0.4, 0.5) is 17.1 Å². The lowest BCUT2D eigenvalue weighted by Gasteiger charge is -2.28. The summed E-state index contributed by atoms with van der Waals surface area (Å²) in [7, 11) is 0. The molecule has 1 nitrogen and oxygen atoms in total. The van der Waals surface area contributed by atoms with Gasteiger partial charge in [-0.2, -0.15) is 0 Å². The zero-order valence-corrected chi connectivity index (χ0v) is 30.6. The number of nitrogens with zero attached hydrogens (tertiary/aromatic N) is 1. The van der Waals surface area contributed by atoms with Crippen molar-refractivity contribution in [3.63, 3.8) is 0 Å². The predicted octanol–water partition coefficient (Wildman–Crippen LogP) is 14.8. The van der Waals surface area contributed by atoms with Gasteiger partial charge in [-0.25, -0.2) is 0 Å². The quantitative estimate of drug-likeness (QED) is 0.161. The van der Waals surface area contributed by atoms with Crippen molar-refractivity contribution in [1.82, 2.24) is 0 Å². The van der Waals surface area contributed by atoms with Crippen molar-refractivity contribution in [3.8, 4) is 22.3 Å². The molecule has 1 aliphatic carbocycles. The van der Waals surface area contributed by atoms with Gasteiger partial charge >= 0.3 is 0 Å². The van der Waals surface area contributed by atoms with Crippen molar-refractivity contribution >= 4 is 70.1 Å². The molecule has 254 valence electrons. The van der Waals surface area contributed by atoms with Crippen molar-refractivity contribution in [1.29, 1.82) is 0 Å². The summed E-state index contributed by atoms with van der Waals surface area (Å²) >= 11 is 1.92. The average Bonchev–Trinajstić information content (AvgIpc) is 3.74.